The first-order chi connectivity index (χ1) is 7.70. The molecule has 4 nitrogen and oxygen atoms in total. The maximum atomic E-state index is 11.0. The van der Waals surface area contributed by atoms with Gasteiger partial charge in [-0.15, -0.1) is 11.8 Å². The highest BCUT2D eigenvalue weighted by molar-refractivity contribution is 8.02. The molecule has 1 N–H and O–H groups in total. The standard InChI is InChI=1S/C11H10O4S/c12-10(13)7-2-1-3-8-9(7)15-11(14-8)4-5-16-6-11/h1-5,8-9H,6H2,(H,12,13). The van der Waals surface area contributed by atoms with Crippen molar-refractivity contribution >= 4 is 17.7 Å². The van der Waals surface area contributed by atoms with Crippen molar-refractivity contribution in [2.24, 2.45) is 0 Å². The van der Waals surface area contributed by atoms with E-state index in [-0.39, 0.29) is 11.7 Å². The summed E-state index contributed by atoms with van der Waals surface area (Å²) in [4.78, 5) is 11.0. The zero-order chi connectivity index (χ0) is 11.2. The monoisotopic (exact) mass is 238 g/mol. The second kappa shape index (κ2) is 3.48. The van der Waals surface area contributed by atoms with E-state index in [1.54, 1.807) is 23.9 Å². The minimum Gasteiger partial charge on any atom is -0.478 e. The quantitative estimate of drug-likeness (QED) is 0.746. The maximum absolute atomic E-state index is 11.0. The smallest absolute Gasteiger partial charge is 0.334 e. The summed E-state index contributed by atoms with van der Waals surface area (Å²) in [6.45, 7) is 0. The molecule has 1 aliphatic carbocycles. The highest BCUT2D eigenvalue weighted by Gasteiger charge is 2.49. The lowest BCUT2D eigenvalue weighted by atomic mass is 10.00. The summed E-state index contributed by atoms with van der Waals surface area (Å²) < 4.78 is 11.5. The Morgan fingerprint density at radius 1 is 1.56 bits per heavy atom. The Hall–Kier alpha value is -1.04. The number of aliphatic carboxylic acids is 1. The number of ether oxygens (including phenoxy) is 2. The fourth-order valence-electron chi connectivity index (χ4n) is 2.05. The first kappa shape index (κ1) is 10.1. The summed E-state index contributed by atoms with van der Waals surface area (Å²) in [6, 6.07) is 0. The van der Waals surface area contributed by atoms with Crippen LogP contribution in [0.4, 0.5) is 0 Å². The van der Waals surface area contributed by atoms with Crippen molar-refractivity contribution in [3.63, 3.8) is 0 Å². The van der Waals surface area contributed by atoms with Crippen LogP contribution in [0.2, 0.25) is 0 Å². The molecule has 0 radical (unpaired) electrons. The third kappa shape index (κ3) is 1.43. The second-order valence-electron chi connectivity index (χ2n) is 3.86. The zero-order valence-electron chi connectivity index (χ0n) is 8.33. The van der Waals surface area contributed by atoms with Crippen LogP contribution in [0, 0.1) is 0 Å². The summed E-state index contributed by atoms with van der Waals surface area (Å²) in [6.07, 6.45) is 6.17. The molecule has 3 aliphatic rings. The number of rotatable bonds is 1. The van der Waals surface area contributed by atoms with Crippen molar-refractivity contribution in [1.82, 2.24) is 0 Å². The molecule has 16 heavy (non-hydrogen) atoms. The lowest BCUT2D eigenvalue weighted by molar-refractivity contribution is -0.135. The minimum absolute atomic E-state index is 0.259. The molecule has 1 spiro atoms. The van der Waals surface area contributed by atoms with Crippen molar-refractivity contribution in [2.75, 3.05) is 5.75 Å². The summed E-state index contributed by atoms with van der Waals surface area (Å²) in [5.41, 5.74) is 0.259. The predicted molar refractivity (Wildman–Crippen MR) is 58.9 cm³/mol. The Bertz CT molecular complexity index is 426. The fourth-order valence-corrected chi connectivity index (χ4v) is 2.91. The molecule has 0 bridgehead atoms. The van der Waals surface area contributed by atoms with Gasteiger partial charge in [-0.2, -0.15) is 0 Å². The van der Waals surface area contributed by atoms with Gasteiger partial charge in [-0.3, -0.25) is 0 Å². The van der Waals surface area contributed by atoms with E-state index in [0.717, 1.165) is 0 Å². The van der Waals surface area contributed by atoms with Crippen LogP contribution in [0.3, 0.4) is 0 Å². The van der Waals surface area contributed by atoms with Gasteiger partial charge in [0.1, 0.15) is 12.2 Å². The Balaban J connectivity index is 1.91. The van der Waals surface area contributed by atoms with Gasteiger partial charge in [0.05, 0.1) is 11.3 Å². The van der Waals surface area contributed by atoms with Gasteiger partial charge in [-0.25, -0.2) is 4.79 Å². The molecule has 1 fully saturated rings. The first-order valence-electron chi connectivity index (χ1n) is 4.97. The SMILES string of the molecule is O=C(O)C1=CC=CC2OC3(C=CSC3)OC12. The molecule has 5 heteroatoms. The van der Waals surface area contributed by atoms with Gasteiger partial charge >= 0.3 is 5.97 Å². The van der Waals surface area contributed by atoms with E-state index in [2.05, 4.69) is 0 Å². The average molecular weight is 238 g/mol. The molecule has 3 atom stereocenters. The zero-order valence-corrected chi connectivity index (χ0v) is 9.15. The molecule has 0 amide bonds. The minimum atomic E-state index is -0.949. The second-order valence-corrected chi connectivity index (χ2v) is 4.75. The Labute approximate surface area is 96.6 Å². The molecular formula is C11H10O4S. The molecule has 0 aromatic heterocycles. The predicted octanol–water partition coefficient (Wildman–Crippen LogP) is 1.31. The van der Waals surface area contributed by atoms with E-state index in [4.69, 9.17) is 14.6 Å². The lowest BCUT2D eigenvalue weighted by Crippen LogP contribution is -2.30. The molecule has 0 aromatic rings. The van der Waals surface area contributed by atoms with Crippen LogP contribution in [-0.2, 0) is 14.3 Å². The van der Waals surface area contributed by atoms with Crippen LogP contribution < -0.4 is 0 Å². The number of carbonyl (C=O) groups is 1. The van der Waals surface area contributed by atoms with Gasteiger partial charge in [0.25, 0.3) is 0 Å². The maximum Gasteiger partial charge on any atom is 0.334 e. The highest BCUT2D eigenvalue weighted by Crippen LogP contribution is 2.41. The van der Waals surface area contributed by atoms with E-state index in [1.807, 2.05) is 17.6 Å². The van der Waals surface area contributed by atoms with Gasteiger partial charge in [0, 0.05) is 0 Å². The number of hydrogen-bond acceptors (Lipinski definition) is 4. The normalized spacial score (nSPS) is 40.1. The van der Waals surface area contributed by atoms with Gasteiger partial charge < -0.3 is 14.6 Å². The van der Waals surface area contributed by atoms with E-state index in [0.29, 0.717) is 5.75 Å². The molecule has 0 saturated carbocycles. The molecule has 0 aromatic carbocycles. The number of hydrogen-bond donors (Lipinski definition) is 1. The van der Waals surface area contributed by atoms with Crippen LogP contribution in [0.5, 0.6) is 0 Å². The summed E-state index contributed by atoms with van der Waals surface area (Å²) in [5.74, 6) is -1.00. The summed E-state index contributed by atoms with van der Waals surface area (Å²) >= 11 is 1.60. The van der Waals surface area contributed by atoms with Gasteiger partial charge in [0.15, 0.2) is 5.79 Å². The topological polar surface area (TPSA) is 55.8 Å². The van der Waals surface area contributed by atoms with Gasteiger partial charge in [-0.1, -0.05) is 12.2 Å². The van der Waals surface area contributed by atoms with Crippen molar-refractivity contribution in [1.29, 1.82) is 0 Å². The van der Waals surface area contributed by atoms with E-state index in [1.165, 1.54) is 0 Å². The lowest BCUT2D eigenvalue weighted by Gasteiger charge is -2.19. The largest absolute Gasteiger partial charge is 0.478 e. The van der Waals surface area contributed by atoms with Crippen LogP contribution in [0.25, 0.3) is 0 Å². The van der Waals surface area contributed by atoms with Crippen LogP contribution in [-0.4, -0.2) is 34.8 Å². The molecular weight excluding hydrogens is 228 g/mol. The van der Waals surface area contributed by atoms with Crippen molar-refractivity contribution in [3.8, 4) is 0 Å². The van der Waals surface area contributed by atoms with Crippen LogP contribution in [0.15, 0.2) is 35.3 Å². The third-order valence-electron chi connectivity index (χ3n) is 2.79. The van der Waals surface area contributed by atoms with E-state index in [9.17, 15) is 4.79 Å². The molecule has 84 valence electrons. The first-order valence-corrected chi connectivity index (χ1v) is 6.02. The average Bonchev–Trinajstić information content (AvgIpc) is 2.84. The number of thioether (sulfide) groups is 1. The molecule has 2 heterocycles. The summed E-state index contributed by atoms with van der Waals surface area (Å²) in [7, 11) is 0. The molecule has 3 rings (SSSR count). The Morgan fingerprint density at radius 2 is 2.44 bits per heavy atom. The fraction of sp³-hybridized carbons (Fsp3) is 0.364. The summed E-state index contributed by atoms with van der Waals surface area (Å²) in [5, 5.41) is 11.0. The number of allylic oxidation sites excluding steroid dienone is 2. The number of fused-ring (bicyclic) bond motifs is 1. The van der Waals surface area contributed by atoms with Crippen molar-refractivity contribution in [3.05, 3.63) is 35.3 Å². The van der Waals surface area contributed by atoms with Crippen molar-refractivity contribution in [2.45, 2.75) is 18.0 Å². The Morgan fingerprint density at radius 3 is 3.12 bits per heavy atom. The van der Waals surface area contributed by atoms with E-state index < -0.39 is 17.9 Å². The van der Waals surface area contributed by atoms with Crippen molar-refractivity contribution < 1.29 is 19.4 Å². The van der Waals surface area contributed by atoms with Crippen LogP contribution >= 0.6 is 11.8 Å². The number of carboxylic acid groups (broad SMARTS) is 1. The Kier molecular flexibility index (Phi) is 2.20. The van der Waals surface area contributed by atoms with E-state index >= 15 is 0 Å². The number of carboxylic acids is 1. The molecule has 3 unspecified atom stereocenters. The highest BCUT2D eigenvalue weighted by atomic mass is 32.2. The third-order valence-corrected chi connectivity index (χ3v) is 3.69. The van der Waals surface area contributed by atoms with Gasteiger partial charge in [-0.05, 0) is 17.6 Å². The van der Waals surface area contributed by atoms with Gasteiger partial charge in [0.2, 0.25) is 0 Å². The molecule has 1 saturated heterocycles. The van der Waals surface area contributed by atoms with Crippen LogP contribution in [0.1, 0.15) is 0 Å². The molecule has 2 aliphatic heterocycles.